The molecule has 3 aromatic rings. The lowest BCUT2D eigenvalue weighted by atomic mass is 10.0. The third kappa shape index (κ3) is 9.80. The lowest BCUT2D eigenvalue weighted by molar-refractivity contribution is -0.117. The van der Waals surface area contributed by atoms with Crippen molar-refractivity contribution in [3.63, 3.8) is 0 Å². The summed E-state index contributed by atoms with van der Waals surface area (Å²) < 4.78 is 33.9. The first-order valence-electron chi connectivity index (χ1n) is 12.9. The number of hydrogen-bond acceptors (Lipinski definition) is 9. The summed E-state index contributed by atoms with van der Waals surface area (Å²) in [5.74, 6) is 2.36. The number of hydrazine groups is 1. The van der Waals surface area contributed by atoms with Crippen molar-refractivity contribution in [1.29, 1.82) is 0 Å². The molecule has 0 saturated heterocycles. The van der Waals surface area contributed by atoms with E-state index in [2.05, 4.69) is 25.8 Å². The summed E-state index contributed by atoms with van der Waals surface area (Å²) >= 11 is 0. The van der Waals surface area contributed by atoms with Gasteiger partial charge in [-0.2, -0.15) is 9.49 Å². The molecule has 0 spiro atoms. The van der Waals surface area contributed by atoms with Crippen LogP contribution in [-0.4, -0.2) is 51.5 Å². The number of rotatable bonds is 13. The van der Waals surface area contributed by atoms with Gasteiger partial charge in [-0.15, -0.1) is 5.10 Å². The average Bonchev–Trinajstić information content (AvgIpc) is 2.92. The molecule has 218 valence electrons. The zero-order valence-electron chi connectivity index (χ0n) is 23.2. The Kier molecular flexibility index (Phi) is 10.6. The number of amides is 2. The van der Waals surface area contributed by atoms with Gasteiger partial charge in [0.05, 0.1) is 17.8 Å². The molecule has 0 aliphatic heterocycles. The Morgan fingerprint density at radius 1 is 1.12 bits per heavy atom. The minimum Gasteiger partial charge on any atom is -0.455 e. The van der Waals surface area contributed by atoms with Gasteiger partial charge in [-0.05, 0) is 55.2 Å². The Labute approximate surface area is 237 Å². The molecule has 0 aliphatic rings. The Hall–Kier alpha value is -4.65. The van der Waals surface area contributed by atoms with Gasteiger partial charge in [0.15, 0.2) is 17.4 Å². The summed E-state index contributed by atoms with van der Waals surface area (Å²) in [4.78, 5) is 28.2. The van der Waals surface area contributed by atoms with Crippen LogP contribution in [-0.2, 0) is 22.4 Å². The van der Waals surface area contributed by atoms with Crippen LogP contribution in [0.1, 0.15) is 38.1 Å². The van der Waals surface area contributed by atoms with E-state index in [1.165, 1.54) is 50.4 Å². The second kappa shape index (κ2) is 14.1. The number of aryl methyl sites for hydroxylation is 1. The van der Waals surface area contributed by atoms with Crippen LogP contribution in [0.3, 0.4) is 0 Å². The summed E-state index contributed by atoms with van der Waals surface area (Å²) in [6, 6.07) is 11.0. The number of ether oxygens (including phenoxy) is 1. The van der Waals surface area contributed by atoms with E-state index in [0.29, 0.717) is 24.2 Å². The van der Waals surface area contributed by atoms with Gasteiger partial charge in [-0.25, -0.2) is 10.2 Å². The lowest BCUT2D eigenvalue weighted by Crippen LogP contribution is -2.32. The van der Waals surface area contributed by atoms with Gasteiger partial charge in [-0.1, -0.05) is 12.1 Å². The largest absolute Gasteiger partial charge is 0.455 e. The summed E-state index contributed by atoms with van der Waals surface area (Å²) in [6.07, 6.45) is 4.91. The van der Waals surface area contributed by atoms with E-state index in [-0.39, 0.29) is 35.2 Å². The zero-order chi connectivity index (χ0) is 30.0. The maximum Gasteiger partial charge on any atom is 0.268 e. The first-order chi connectivity index (χ1) is 19.4. The van der Waals surface area contributed by atoms with Crippen LogP contribution in [0.4, 0.5) is 14.6 Å². The maximum absolute atomic E-state index is 15.0. The minimum absolute atomic E-state index is 0.0233. The van der Waals surface area contributed by atoms with Gasteiger partial charge in [0.2, 0.25) is 11.8 Å². The topological polar surface area (TPSA) is 161 Å². The summed E-state index contributed by atoms with van der Waals surface area (Å²) in [5, 5.41) is 14.7. The first-order valence-corrected chi connectivity index (χ1v) is 12.9. The van der Waals surface area contributed by atoms with Crippen LogP contribution in [0.2, 0.25) is 0 Å². The third-order valence-electron chi connectivity index (χ3n) is 5.67. The highest BCUT2D eigenvalue weighted by Crippen LogP contribution is 2.31. The Bertz CT molecular complexity index is 1380. The van der Waals surface area contributed by atoms with Crippen molar-refractivity contribution in [2.45, 2.75) is 45.4 Å². The summed E-state index contributed by atoms with van der Waals surface area (Å²) in [7, 11) is 1.48. The molecule has 0 radical (unpaired) electrons. The number of benzene rings is 1. The molecule has 1 aromatic carbocycles. The lowest BCUT2D eigenvalue weighted by Gasteiger charge is -2.18. The van der Waals surface area contributed by atoms with E-state index < -0.39 is 17.6 Å². The number of nitrogens with zero attached hydrogens (tertiary/aromatic N) is 4. The number of unbranched alkanes of at least 4 members (excludes halogenated alkanes) is 1. The van der Waals surface area contributed by atoms with Crippen molar-refractivity contribution in [2.75, 3.05) is 18.9 Å². The van der Waals surface area contributed by atoms with Crippen molar-refractivity contribution in [3.05, 3.63) is 77.8 Å². The number of pyridine rings is 1. The monoisotopic (exact) mass is 568 g/mol. The van der Waals surface area contributed by atoms with Crippen molar-refractivity contribution in [2.24, 2.45) is 11.6 Å². The molecule has 2 aromatic heterocycles. The molecule has 11 nitrogen and oxygen atoms in total. The second-order valence-electron chi connectivity index (χ2n) is 9.61. The van der Waals surface area contributed by atoms with Crippen molar-refractivity contribution >= 4 is 17.6 Å². The van der Waals surface area contributed by atoms with Gasteiger partial charge in [-0.3, -0.25) is 14.6 Å². The van der Waals surface area contributed by atoms with Crippen LogP contribution in [0.15, 0.2) is 60.6 Å². The first kappa shape index (κ1) is 30.9. The quantitative estimate of drug-likeness (QED) is 0.105. The molecule has 13 heteroatoms. The minimum atomic E-state index is -2.04. The molecule has 2 heterocycles. The predicted octanol–water partition coefficient (Wildman–Crippen LogP) is 2.99. The van der Waals surface area contributed by atoms with Gasteiger partial charge in [0.1, 0.15) is 5.70 Å². The molecular formula is C28H34F2N8O3. The number of nitrogens with one attached hydrogen (secondary N) is 2. The molecule has 0 atom stereocenters. The number of hydrogen-bond donors (Lipinski definition) is 4. The van der Waals surface area contributed by atoms with E-state index in [1.807, 2.05) is 0 Å². The molecule has 2 amide bonds. The van der Waals surface area contributed by atoms with Crippen LogP contribution in [0.25, 0.3) is 11.1 Å². The molecule has 0 unspecified atom stereocenters. The maximum atomic E-state index is 15.0. The van der Waals surface area contributed by atoms with E-state index >= 15 is 0 Å². The third-order valence-corrected chi connectivity index (χ3v) is 5.67. The number of carbonyl (C=O) groups is 2. The fourth-order valence-corrected chi connectivity index (χ4v) is 3.77. The number of anilines is 1. The highest BCUT2D eigenvalue weighted by Gasteiger charge is 2.21. The number of aromatic nitrogens is 3. The average molecular weight is 569 g/mol. The van der Waals surface area contributed by atoms with Crippen LogP contribution in [0.5, 0.6) is 5.75 Å². The summed E-state index contributed by atoms with van der Waals surface area (Å²) in [6.45, 7) is 2.87. The van der Waals surface area contributed by atoms with E-state index in [9.17, 15) is 18.4 Å². The van der Waals surface area contributed by atoms with Gasteiger partial charge in [0.25, 0.3) is 5.91 Å². The Morgan fingerprint density at radius 3 is 2.59 bits per heavy atom. The van der Waals surface area contributed by atoms with E-state index in [1.54, 1.807) is 30.3 Å². The fourth-order valence-electron chi connectivity index (χ4n) is 3.77. The van der Waals surface area contributed by atoms with Crippen LogP contribution in [0, 0.1) is 5.82 Å². The molecule has 3 rings (SSSR count). The van der Waals surface area contributed by atoms with E-state index in [4.69, 9.17) is 16.3 Å². The normalized spacial score (nSPS) is 11.6. The van der Waals surface area contributed by atoms with Crippen molar-refractivity contribution in [1.82, 2.24) is 25.5 Å². The van der Waals surface area contributed by atoms with Gasteiger partial charge < -0.3 is 26.1 Å². The number of carbonyl (C=O) groups excluding carboxylic acids is 2. The Balaban J connectivity index is 1.51. The van der Waals surface area contributed by atoms with E-state index in [0.717, 1.165) is 18.5 Å². The molecule has 0 aliphatic carbocycles. The molecule has 41 heavy (non-hydrogen) atoms. The number of likely N-dealkylation sites (N-methyl/N-ethyl adjacent to an activating group) is 1. The molecule has 0 bridgehead atoms. The summed E-state index contributed by atoms with van der Waals surface area (Å²) in [5.41, 5.74) is 7.45. The molecular weight excluding hydrogens is 534 g/mol. The van der Waals surface area contributed by atoms with Gasteiger partial charge in [0, 0.05) is 45.4 Å². The second-order valence-corrected chi connectivity index (χ2v) is 9.61. The molecule has 6 N–H and O–H groups in total. The van der Waals surface area contributed by atoms with Crippen LogP contribution < -0.4 is 26.9 Å². The highest BCUT2D eigenvalue weighted by atomic mass is 19.2. The van der Waals surface area contributed by atoms with Crippen molar-refractivity contribution in [3.8, 4) is 16.9 Å². The number of halogens is 2. The molecule has 0 saturated carbocycles. The number of nitrogens with two attached hydrogens (primary N) is 2. The number of alkyl halides is 1. The molecule has 0 fully saturated rings. The van der Waals surface area contributed by atoms with Crippen molar-refractivity contribution < 1.29 is 23.1 Å². The fraction of sp³-hybridized carbons (Fsp3) is 0.321. The zero-order valence-corrected chi connectivity index (χ0v) is 23.2. The van der Waals surface area contributed by atoms with Crippen LogP contribution >= 0.6 is 0 Å². The predicted molar refractivity (Wildman–Crippen MR) is 150 cm³/mol. The van der Waals surface area contributed by atoms with Gasteiger partial charge >= 0.3 is 0 Å². The standard InChI is InChI=1S/C28H34F2N8O3/c1-28(2,30)41-23-9-6-8-21(26(23)29)18-12-13-34-20(15-18)16-25(39)35-24-11-10-19(36-37-24)7-4-5-14-38(32)17-22(31)27(40)33-3/h6,8-13,15,17H,4-5,7,14,16,31-32H2,1-3H3,(H,33,40)(H,35,37,39)/b22-17-. The Morgan fingerprint density at radius 2 is 1.90 bits per heavy atom. The smallest absolute Gasteiger partial charge is 0.268 e. The highest BCUT2D eigenvalue weighted by molar-refractivity contribution is 5.92. The SMILES string of the molecule is CNC(=O)/C(N)=C/N(N)CCCCc1ccc(NC(=O)Cc2cc(-c3cccc(OC(C)(C)F)c3F)ccn2)nn1.